The summed E-state index contributed by atoms with van der Waals surface area (Å²) in [6.45, 7) is 0. The van der Waals surface area contributed by atoms with E-state index in [4.69, 9.17) is 0 Å². The van der Waals surface area contributed by atoms with Crippen LogP contribution in [0.25, 0.3) is 34.2 Å². The molecule has 7 nitrogen and oxygen atoms in total. The van der Waals surface area contributed by atoms with Crippen LogP contribution >= 0.6 is 0 Å². The molecular formula is C29H23N7. The third-order valence-corrected chi connectivity index (χ3v) is 4.67. The van der Waals surface area contributed by atoms with Crippen molar-refractivity contribution in [2.24, 2.45) is 0 Å². The number of hydrogen-bond acceptors (Lipinski definition) is 7. The summed E-state index contributed by atoms with van der Waals surface area (Å²) < 4.78 is 0. The monoisotopic (exact) mass is 469 g/mol. The third-order valence-electron chi connectivity index (χ3n) is 4.67. The highest BCUT2D eigenvalue weighted by Gasteiger charge is 1.98. The quantitative estimate of drug-likeness (QED) is 0.322. The molecular weight excluding hydrogens is 446 g/mol. The number of aromatic nitrogens is 7. The molecule has 6 aromatic heterocycles. The van der Waals surface area contributed by atoms with Crippen LogP contribution < -0.4 is 0 Å². The molecule has 6 rings (SSSR count). The van der Waals surface area contributed by atoms with Gasteiger partial charge < -0.3 is 0 Å². The minimum absolute atomic E-state index is 0.665. The van der Waals surface area contributed by atoms with E-state index in [0.717, 1.165) is 28.3 Å². The van der Waals surface area contributed by atoms with E-state index in [2.05, 4.69) is 34.9 Å². The van der Waals surface area contributed by atoms with Crippen molar-refractivity contribution >= 4 is 0 Å². The van der Waals surface area contributed by atoms with Gasteiger partial charge in [0.15, 0.2) is 5.82 Å². The molecule has 0 atom stereocenters. The second kappa shape index (κ2) is 13.5. The molecule has 0 radical (unpaired) electrons. The van der Waals surface area contributed by atoms with Gasteiger partial charge in [-0.25, -0.2) is 9.97 Å². The first kappa shape index (κ1) is 24.0. The molecule has 0 aromatic carbocycles. The lowest BCUT2D eigenvalue weighted by atomic mass is 10.2. The molecule has 0 aliphatic carbocycles. The molecule has 0 bridgehead atoms. The molecule has 6 heterocycles. The van der Waals surface area contributed by atoms with Gasteiger partial charge in [0, 0.05) is 55.1 Å². The SMILES string of the molecule is c1ccc(-c2ccccn2)nc1.c1ccc(-c2cccnc2)nc1.c1ccc(-c2ncccn2)nc1. The van der Waals surface area contributed by atoms with Crippen molar-refractivity contribution in [1.29, 1.82) is 0 Å². The molecule has 0 saturated carbocycles. The highest BCUT2D eigenvalue weighted by Crippen LogP contribution is 2.13. The van der Waals surface area contributed by atoms with E-state index in [1.807, 2.05) is 91.1 Å². The summed E-state index contributed by atoms with van der Waals surface area (Å²) in [4.78, 5) is 28.9. The summed E-state index contributed by atoms with van der Waals surface area (Å²) >= 11 is 0. The van der Waals surface area contributed by atoms with Gasteiger partial charge in [-0.3, -0.25) is 24.9 Å². The van der Waals surface area contributed by atoms with Crippen molar-refractivity contribution in [2.45, 2.75) is 0 Å². The minimum atomic E-state index is 0.665. The summed E-state index contributed by atoms with van der Waals surface area (Å²) in [5.41, 5.74) is 4.65. The van der Waals surface area contributed by atoms with Gasteiger partial charge in [0.2, 0.25) is 0 Å². The average Bonchev–Trinajstić information content (AvgIpc) is 3.01. The minimum Gasteiger partial charge on any atom is -0.264 e. The van der Waals surface area contributed by atoms with Crippen molar-refractivity contribution in [3.63, 3.8) is 0 Å². The molecule has 0 unspecified atom stereocenters. The molecule has 7 heteroatoms. The lowest BCUT2D eigenvalue weighted by Gasteiger charge is -1.96. The fourth-order valence-corrected chi connectivity index (χ4v) is 3.00. The van der Waals surface area contributed by atoms with Gasteiger partial charge in [0.05, 0.1) is 17.1 Å². The largest absolute Gasteiger partial charge is 0.264 e. The van der Waals surface area contributed by atoms with Crippen LogP contribution in [0.15, 0.2) is 141 Å². The predicted octanol–water partition coefficient (Wildman–Crippen LogP) is 5.83. The Balaban J connectivity index is 0.000000127. The van der Waals surface area contributed by atoms with E-state index in [-0.39, 0.29) is 0 Å². The maximum absolute atomic E-state index is 4.21. The molecule has 0 saturated heterocycles. The van der Waals surface area contributed by atoms with Gasteiger partial charge in [-0.1, -0.05) is 24.3 Å². The van der Waals surface area contributed by atoms with Gasteiger partial charge in [0.1, 0.15) is 5.69 Å². The van der Waals surface area contributed by atoms with Gasteiger partial charge in [-0.15, -0.1) is 0 Å². The van der Waals surface area contributed by atoms with E-state index < -0.39 is 0 Å². The molecule has 6 aromatic rings. The van der Waals surface area contributed by atoms with Crippen LogP contribution in [-0.2, 0) is 0 Å². The van der Waals surface area contributed by atoms with E-state index >= 15 is 0 Å². The van der Waals surface area contributed by atoms with Crippen LogP contribution in [0.3, 0.4) is 0 Å². The molecule has 0 N–H and O–H groups in total. The Labute approximate surface area is 209 Å². The number of pyridine rings is 5. The van der Waals surface area contributed by atoms with Crippen molar-refractivity contribution in [3.05, 3.63) is 141 Å². The zero-order valence-electron chi connectivity index (χ0n) is 19.4. The normalized spacial score (nSPS) is 9.67. The third kappa shape index (κ3) is 7.43. The van der Waals surface area contributed by atoms with E-state index in [9.17, 15) is 0 Å². The van der Waals surface area contributed by atoms with Gasteiger partial charge >= 0.3 is 0 Å². The first-order chi connectivity index (χ1) is 17.9. The van der Waals surface area contributed by atoms with Crippen LogP contribution in [-0.4, -0.2) is 34.9 Å². The van der Waals surface area contributed by atoms with Crippen molar-refractivity contribution < 1.29 is 0 Å². The van der Waals surface area contributed by atoms with Crippen LogP contribution in [0, 0.1) is 0 Å². The Bertz CT molecular complexity index is 1100. The zero-order valence-corrected chi connectivity index (χ0v) is 19.4. The van der Waals surface area contributed by atoms with E-state index in [0.29, 0.717) is 5.82 Å². The Morgan fingerprint density at radius 2 is 0.806 bits per heavy atom. The topological polar surface area (TPSA) is 90.2 Å². The molecule has 0 amide bonds. The van der Waals surface area contributed by atoms with Gasteiger partial charge in [0.25, 0.3) is 0 Å². The predicted molar refractivity (Wildman–Crippen MR) is 140 cm³/mol. The molecule has 0 aliphatic rings. The zero-order chi connectivity index (χ0) is 24.7. The van der Waals surface area contributed by atoms with E-state index in [1.165, 1.54) is 0 Å². The second-order valence-corrected chi connectivity index (χ2v) is 7.17. The molecule has 0 aliphatic heterocycles. The van der Waals surface area contributed by atoms with Crippen LogP contribution in [0.4, 0.5) is 0 Å². The van der Waals surface area contributed by atoms with Crippen molar-refractivity contribution in [2.75, 3.05) is 0 Å². The first-order valence-electron chi connectivity index (χ1n) is 11.2. The molecule has 174 valence electrons. The maximum Gasteiger partial charge on any atom is 0.178 e. The number of hydrogen-bond donors (Lipinski definition) is 0. The Kier molecular flexibility index (Phi) is 9.00. The Morgan fingerprint density at radius 1 is 0.333 bits per heavy atom. The lowest BCUT2D eigenvalue weighted by molar-refractivity contribution is 1.14. The highest BCUT2D eigenvalue weighted by molar-refractivity contribution is 5.56. The first-order valence-corrected chi connectivity index (χ1v) is 11.2. The summed E-state index contributed by atoms with van der Waals surface area (Å²) in [5.74, 6) is 0.665. The fraction of sp³-hybridized carbons (Fsp3) is 0. The molecule has 0 spiro atoms. The van der Waals surface area contributed by atoms with Gasteiger partial charge in [-0.05, 0) is 66.7 Å². The van der Waals surface area contributed by atoms with Gasteiger partial charge in [-0.2, -0.15) is 0 Å². The fourth-order valence-electron chi connectivity index (χ4n) is 3.00. The lowest BCUT2D eigenvalue weighted by Crippen LogP contribution is -1.88. The van der Waals surface area contributed by atoms with Crippen molar-refractivity contribution in [3.8, 4) is 34.2 Å². The van der Waals surface area contributed by atoms with Crippen LogP contribution in [0.5, 0.6) is 0 Å². The summed E-state index contributed by atoms with van der Waals surface area (Å²) in [7, 11) is 0. The maximum atomic E-state index is 4.21. The van der Waals surface area contributed by atoms with Crippen molar-refractivity contribution in [1.82, 2.24) is 34.9 Å². The van der Waals surface area contributed by atoms with Crippen LogP contribution in [0.2, 0.25) is 0 Å². The number of rotatable bonds is 3. The highest BCUT2D eigenvalue weighted by atomic mass is 14.9. The summed E-state index contributed by atoms with van der Waals surface area (Å²) in [5, 5.41) is 0. The molecule has 36 heavy (non-hydrogen) atoms. The summed E-state index contributed by atoms with van der Waals surface area (Å²) in [6.07, 6.45) is 14.0. The van der Waals surface area contributed by atoms with Crippen LogP contribution in [0.1, 0.15) is 0 Å². The Hall–Kier alpha value is -5.17. The number of nitrogens with zero attached hydrogens (tertiary/aromatic N) is 7. The Morgan fingerprint density at radius 3 is 1.25 bits per heavy atom. The summed E-state index contributed by atoms with van der Waals surface area (Å²) in [6, 6.07) is 28.8. The smallest absolute Gasteiger partial charge is 0.178 e. The average molecular weight is 470 g/mol. The molecule has 0 fully saturated rings. The standard InChI is InChI=1S/2C10H8N2.C9H7N3/c1-3-7-11-9(5-1)10-6-2-4-8-12-10;1-2-7-12-10(5-1)9-4-3-6-11-8-9;1-2-5-10-8(4-1)9-11-6-3-7-12-9/h2*1-8H;1-7H. The van der Waals surface area contributed by atoms with E-state index in [1.54, 1.807) is 49.4 Å². The second-order valence-electron chi connectivity index (χ2n) is 7.17.